The lowest BCUT2D eigenvalue weighted by Crippen LogP contribution is -2.32. The normalized spacial score (nSPS) is 23.3. The molecule has 3 atom stereocenters. The Morgan fingerprint density at radius 1 is 1.11 bits per heavy atom. The number of rotatable bonds is 5. The molecule has 1 heterocycles. The van der Waals surface area contributed by atoms with Crippen LogP contribution >= 0.6 is 0 Å². The van der Waals surface area contributed by atoms with Crippen LogP contribution in [0.3, 0.4) is 0 Å². The maximum absolute atomic E-state index is 13.0. The van der Waals surface area contributed by atoms with Gasteiger partial charge in [-0.1, -0.05) is 38.1 Å². The zero-order valence-corrected chi connectivity index (χ0v) is 17.0. The van der Waals surface area contributed by atoms with Gasteiger partial charge in [-0.25, -0.2) is 8.42 Å². The lowest BCUT2D eigenvalue weighted by Gasteiger charge is -2.38. The molecular formula is C22H26N2O3S. The van der Waals surface area contributed by atoms with Crippen molar-refractivity contribution in [1.82, 2.24) is 4.31 Å². The number of phenols is 1. The Labute approximate surface area is 166 Å². The van der Waals surface area contributed by atoms with Gasteiger partial charge in [0.25, 0.3) is 0 Å². The lowest BCUT2D eigenvalue weighted by molar-refractivity contribution is 0.423. The van der Waals surface area contributed by atoms with Gasteiger partial charge in [0, 0.05) is 24.7 Å². The number of hydrogen-bond donors (Lipinski definition) is 2. The SMILES string of the molecule is CCN(CC)S(=O)(=O)c1ccc2c(c1)C1C=CCC1C(c1ccc(O)cc1)N2. The van der Waals surface area contributed by atoms with Crippen molar-refractivity contribution in [3.63, 3.8) is 0 Å². The van der Waals surface area contributed by atoms with Gasteiger partial charge in [0.15, 0.2) is 0 Å². The monoisotopic (exact) mass is 398 g/mol. The van der Waals surface area contributed by atoms with Crippen LogP contribution < -0.4 is 5.32 Å². The molecule has 28 heavy (non-hydrogen) atoms. The Morgan fingerprint density at radius 3 is 2.50 bits per heavy atom. The number of aromatic hydroxyl groups is 1. The Morgan fingerprint density at radius 2 is 1.82 bits per heavy atom. The number of nitrogens with zero attached hydrogens (tertiary/aromatic N) is 1. The summed E-state index contributed by atoms with van der Waals surface area (Å²) < 4.78 is 27.4. The molecule has 0 radical (unpaired) electrons. The van der Waals surface area contributed by atoms with Crippen molar-refractivity contribution < 1.29 is 13.5 Å². The maximum atomic E-state index is 13.0. The summed E-state index contributed by atoms with van der Waals surface area (Å²) in [5.74, 6) is 0.762. The van der Waals surface area contributed by atoms with Crippen molar-refractivity contribution in [3.8, 4) is 5.75 Å². The van der Waals surface area contributed by atoms with Crippen LogP contribution in [0.4, 0.5) is 5.69 Å². The van der Waals surface area contributed by atoms with Gasteiger partial charge in [0.2, 0.25) is 10.0 Å². The van der Waals surface area contributed by atoms with Crippen LogP contribution in [0.1, 0.15) is 43.4 Å². The summed E-state index contributed by atoms with van der Waals surface area (Å²) in [5.41, 5.74) is 3.15. The first-order valence-corrected chi connectivity index (χ1v) is 11.3. The van der Waals surface area contributed by atoms with E-state index in [1.54, 1.807) is 18.2 Å². The molecule has 2 aromatic rings. The first kappa shape index (κ1) is 19.0. The molecule has 5 nitrogen and oxygen atoms in total. The molecule has 2 aliphatic rings. The number of sulfonamides is 1. The summed E-state index contributed by atoms with van der Waals surface area (Å²) in [6.45, 7) is 4.64. The quantitative estimate of drug-likeness (QED) is 0.739. The lowest BCUT2D eigenvalue weighted by atomic mass is 9.77. The highest BCUT2D eigenvalue weighted by atomic mass is 32.2. The van der Waals surface area contributed by atoms with Gasteiger partial charge in [0.05, 0.1) is 10.9 Å². The fourth-order valence-corrected chi connectivity index (χ4v) is 5.95. The van der Waals surface area contributed by atoms with Gasteiger partial charge < -0.3 is 10.4 Å². The molecule has 0 saturated heterocycles. The highest BCUT2D eigenvalue weighted by Gasteiger charge is 2.38. The Kier molecular flexibility index (Phi) is 4.93. The number of anilines is 1. The minimum absolute atomic E-state index is 0.123. The van der Waals surface area contributed by atoms with Crippen LogP contribution in [-0.2, 0) is 10.0 Å². The molecule has 0 bridgehead atoms. The molecular weight excluding hydrogens is 372 g/mol. The molecule has 2 aromatic carbocycles. The number of benzene rings is 2. The van der Waals surface area contributed by atoms with E-state index >= 15 is 0 Å². The summed E-state index contributed by atoms with van der Waals surface area (Å²) >= 11 is 0. The third-order valence-corrected chi connectivity index (χ3v) is 7.98. The average Bonchev–Trinajstić information content (AvgIpc) is 3.18. The van der Waals surface area contributed by atoms with Crippen LogP contribution in [-0.4, -0.2) is 30.9 Å². The summed E-state index contributed by atoms with van der Waals surface area (Å²) in [5, 5.41) is 13.2. The van der Waals surface area contributed by atoms with E-state index in [2.05, 4.69) is 17.5 Å². The predicted octanol–water partition coefficient (Wildman–Crippen LogP) is 4.25. The fourth-order valence-electron chi connectivity index (χ4n) is 4.46. The Bertz CT molecular complexity index is 995. The molecule has 148 valence electrons. The summed E-state index contributed by atoms with van der Waals surface area (Å²) in [7, 11) is -3.48. The molecule has 2 N–H and O–H groups in total. The van der Waals surface area contributed by atoms with Crippen molar-refractivity contribution in [2.75, 3.05) is 18.4 Å². The van der Waals surface area contributed by atoms with Gasteiger partial charge in [-0.3, -0.25) is 0 Å². The molecule has 0 aromatic heterocycles. The number of hydrogen-bond acceptors (Lipinski definition) is 4. The van der Waals surface area contributed by atoms with Gasteiger partial charge in [-0.15, -0.1) is 0 Å². The van der Waals surface area contributed by atoms with Crippen molar-refractivity contribution in [3.05, 3.63) is 65.7 Å². The number of nitrogens with one attached hydrogen (secondary N) is 1. The molecule has 1 aliphatic carbocycles. The second-order valence-electron chi connectivity index (χ2n) is 7.41. The molecule has 0 saturated carbocycles. The first-order valence-electron chi connectivity index (χ1n) is 9.82. The Balaban J connectivity index is 1.74. The van der Waals surface area contributed by atoms with Crippen LogP contribution in [0.2, 0.25) is 0 Å². The highest BCUT2D eigenvalue weighted by molar-refractivity contribution is 7.89. The van der Waals surface area contributed by atoms with Crippen LogP contribution in [0.25, 0.3) is 0 Å². The van der Waals surface area contributed by atoms with E-state index < -0.39 is 10.0 Å². The van der Waals surface area contributed by atoms with Gasteiger partial charge in [-0.2, -0.15) is 4.31 Å². The third kappa shape index (κ3) is 3.10. The molecule has 0 spiro atoms. The standard InChI is InChI=1S/C22H26N2O3S/c1-3-24(4-2)28(26,27)17-12-13-21-20(14-17)18-6-5-7-19(18)22(23-21)15-8-10-16(25)11-9-15/h5-6,8-14,18-19,22-23,25H,3-4,7H2,1-2H3. The maximum Gasteiger partial charge on any atom is 0.243 e. The molecule has 0 fully saturated rings. The van der Waals surface area contributed by atoms with Gasteiger partial charge in [0.1, 0.15) is 5.75 Å². The molecule has 0 amide bonds. The van der Waals surface area contributed by atoms with E-state index in [9.17, 15) is 13.5 Å². The zero-order chi connectivity index (χ0) is 19.9. The number of allylic oxidation sites excluding steroid dienone is 2. The van der Waals surface area contributed by atoms with Crippen molar-refractivity contribution in [2.24, 2.45) is 5.92 Å². The summed E-state index contributed by atoms with van der Waals surface area (Å²) in [6.07, 6.45) is 5.33. The minimum Gasteiger partial charge on any atom is -0.508 e. The number of fused-ring (bicyclic) bond motifs is 3. The summed E-state index contributed by atoms with van der Waals surface area (Å²) in [4.78, 5) is 0.360. The second kappa shape index (κ2) is 7.26. The van der Waals surface area contributed by atoms with E-state index in [0.717, 1.165) is 23.2 Å². The highest BCUT2D eigenvalue weighted by Crippen LogP contribution is 2.50. The molecule has 3 unspecified atom stereocenters. The smallest absolute Gasteiger partial charge is 0.243 e. The van der Waals surface area contributed by atoms with Gasteiger partial charge >= 0.3 is 0 Å². The number of phenolic OH excluding ortho intramolecular Hbond substituents is 1. The Hall–Kier alpha value is -2.31. The average molecular weight is 399 g/mol. The predicted molar refractivity (Wildman–Crippen MR) is 111 cm³/mol. The van der Waals surface area contributed by atoms with E-state index in [1.165, 1.54) is 4.31 Å². The topological polar surface area (TPSA) is 69.6 Å². The largest absolute Gasteiger partial charge is 0.508 e. The molecule has 1 aliphatic heterocycles. The zero-order valence-electron chi connectivity index (χ0n) is 16.2. The van der Waals surface area contributed by atoms with Crippen LogP contribution in [0.15, 0.2) is 59.5 Å². The van der Waals surface area contributed by atoms with Crippen molar-refractivity contribution >= 4 is 15.7 Å². The van der Waals surface area contributed by atoms with E-state index in [4.69, 9.17) is 0 Å². The summed E-state index contributed by atoms with van der Waals surface area (Å²) in [6, 6.07) is 12.9. The van der Waals surface area contributed by atoms with Crippen LogP contribution in [0, 0.1) is 5.92 Å². The third-order valence-electron chi connectivity index (χ3n) is 5.93. The van der Waals surface area contributed by atoms with Crippen LogP contribution in [0.5, 0.6) is 5.75 Å². The molecule has 4 rings (SSSR count). The van der Waals surface area contributed by atoms with Crippen molar-refractivity contribution in [2.45, 2.75) is 37.1 Å². The first-order chi connectivity index (χ1) is 13.5. The second-order valence-corrected chi connectivity index (χ2v) is 9.34. The fraction of sp³-hybridized carbons (Fsp3) is 0.364. The molecule has 6 heteroatoms. The van der Waals surface area contributed by atoms with E-state index in [0.29, 0.717) is 23.9 Å². The van der Waals surface area contributed by atoms with Gasteiger partial charge in [-0.05, 0) is 53.8 Å². The van der Waals surface area contributed by atoms with E-state index in [-0.39, 0.29) is 17.7 Å². The minimum atomic E-state index is -3.48. The van der Waals surface area contributed by atoms with E-state index in [1.807, 2.05) is 38.1 Å². The van der Waals surface area contributed by atoms with Crippen molar-refractivity contribution in [1.29, 1.82) is 0 Å².